The highest BCUT2D eigenvalue weighted by atomic mass is 19.4. The number of anilines is 1. The lowest BCUT2D eigenvalue weighted by molar-refractivity contribution is -0.384. The van der Waals surface area contributed by atoms with Gasteiger partial charge in [-0.1, -0.05) is 0 Å². The number of nitrogens with zero attached hydrogens (tertiary/aromatic N) is 1. The van der Waals surface area contributed by atoms with Crippen LogP contribution in [0.3, 0.4) is 0 Å². The Kier molecular flexibility index (Phi) is 3.21. The van der Waals surface area contributed by atoms with Gasteiger partial charge in [-0.25, -0.2) is 0 Å². The van der Waals surface area contributed by atoms with Gasteiger partial charge in [-0.2, -0.15) is 0 Å². The normalized spacial score (nSPS) is 11.0. The Hall–Kier alpha value is -1.99. The van der Waals surface area contributed by atoms with E-state index in [-0.39, 0.29) is 11.4 Å². The van der Waals surface area contributed by atoms with Gasteiger partial charge in [-0.3, -0.25) is 10.1 Å². The second kappa shape index (κ2) is 4.25. The molecule has 0 unspecified atom stereocenters. The van der Waals surface area contributed by atoms with Crippen LogP contribution in [-0.4, -0.2) is 18.3 Å². The molecular weight excluding hydrogens is 229 g/mol. The topological polar surface area (TPSA) is 64.4 Å². The van der Waals surface area contributed by atoms with Crippen LogP contribution in [0.2, 0.25) is 0 Å². The molecule has 1 aromatic carbocycles. The molecule has 0 aromatic heterocycles. The average Bonchev–Trinajstić information content (AvgIpc) is 2.14. The first-order valence-electron chi connectivity index (χ1n) is 4.05. The predicted octanol–water partition coefficient (Wildman–Crippen LogP) is 2.54. The van der Waals surface area contributed by atoms with Crippen molar-refractivity contribution in [2.75, 3.05) is 12.4 Å². The molecule has 0 aliphatic carbocycles. The first-order valence-corrected chi connectivity index (χ1v) is 4.05. The molecule has 1 rings (SSSR count). The minimum atomic E-state index is -4.82. The lowest BCUT2D eigenvalue weighted by Crippen LogP contribution is -2.17. The third-order valence-electron chi connectivity index (χ3n) is 1.67. The molecule has 0 atom stereocenters. The minimum Gasteiger partial charge on any atom is -0.406 e. The third kappa shape index (κ3) is 3.01. The molecule has 0 radical (unpaired) electrons. The summed E-state index contributed by atoms with van der Waals surface area (Å²) in [6, 6.07) is 2.73. The van der Waals surface area contributed by atoms with E-state index in [0.29, 0.717) is 0 Å². The molecule has 0 amide bonds. The molecular formula is C8H7F3N2O3. The fourth-order valence-corrected chi connectivity index (χ4v) is 1.07. The Labute approximate surface area is 88.0 Å². The third-order valence-corrected chi connectivity index (χ3v) is 1.67. The number of benzene rings is 1. The molecule has 1 aromatic rings. The molecule has 5 nitrogen and oxygen atoms in total. The van der Waals surface area contributed by atoms with E-state index in [0.717, 1.165) is 18.2 Å². The van der Waals surface area contributed by atoms with Gasteiger partial charge in [0.25, 0.3) is 5.69 Å². The predicted molar refractivity (Wildman–Crippen MR) is 49.3 cm³/mol. The van der Waals surface area contributed by atoms with Crippen LogP contribution in [0, 0.1) is 10.1 Å². The number of nitrogens with one attached hydrogen (secondary N) is 1. The van der Waals surface area contributed by atoms with E-state index >= 15 is 0 Å². The Bertz CT molecular complexity index is 406. The standard InChI is InChI=1S/C8H7F3N2O3/c1-12-6-4-5(16-8(9,10)11)2-3-7(6)13(14)15/h2-4,12H,1H3. The number of halogens is 3. The maximum absolute atomic E-state index is 11.9. The number of rotatable bonds is 3. The van der Waals surface area contributed by atoms with E-state index in [1.165, 1.54) is 7.05 Å². The zero-order valence-electron chi connectivity index (χ0n) is 8.04. The van der Waals surface area contributed by atoms with Crippen molar-refractivity contribution in [1.82, 2.24) is 0 Å². The van der Waals surface area contributed by atoms with Gasteiger partial charge in [-0.15, -0.1) is 13.2 Å². The summed E-state index contributed by atoms with van der Waals surface area (Å²) in [5.74, 6) is -0.512. The Morgan fingerprint density at radius 1 is 1.44 bits per heavy atom. The summed E-state index contributed by atoms with van der Waals surface area (Å²) in [7, 11) is 1.36. The van der Waals surface area contributed by atoms with Crippen LogP contribution in [0.5, 0.6) is 5.75 Å². The summed E-state index contributed by atoms with van der Waals surface area (Å²) in [5.41, 5.74) is -0.372. The molecule has 16 heavy (non-hydrogen) atoms. The highest BCUT2D eigenvalue weighted by molar-refractivity contribution is 5.63. The molecule has 8 heteroatoms. The molecule has 1 N–H and O–H groups in total. The van der Waals surface area contributed by atoms with E-state index in [2.05, 4.69) is 10.1 Å². The van der Waals surface area contributed by atoms with Crippen LogP contribution >= 0.6 is 0 Å². The summed E-state index contributed by atoms with van der Waals surface area (Å²) in [6.07, 6.45) is -4.82. The fourth-order valence-electron chi connectivity index (χ4n) is 1.07. The number of hydrogen-bond acceptors (Lipinski definition) is 4. The smallest absolute Gasteiger partial charge is 0.406 e. The number of alkyl halides is 3. The van der Waals surface area contributed by atoms with Gasteiger partial charge in [0.1, 0.15) is 11.4 Å². The molecule has 0 aliphatic heterocycles. The van der Waals surface area contributed by atoms with E-state index < -0.39 is 17.0 Å². The first kappa shape index (κ1) is 12.1. The van der Waals surface area contributed by atoms with Crippen LogP contribution in [-0.2, 0) is 0 Å². The van der Waals surface area contributed by atoms with E-state index in [1.807, 2.05) is 0 Å². The SMILES string of the molecule is CNc1cc(OC(F)(F)F)ccc1[N+](=O)[O-]. The summed E-state index contributed by atoms with van der Waals surface area (Å²) in [6.45, 7) is 0. The molecule has 0 heterocycles. The van der Waals surface area contributed by atoms with Gasteiger partial charge in [0.2, 0.25) is 0 Å². The first-order chi connectivity index (χ1) is 7.33. The zero-order valence-corrected chi connectivity index (χ0v) is 8.04. The number of nitro groups is 1. The van der Waals surface area contributed by atoms with Gasteiger partial charge in [0, 0.05) is 19.2 Å². The molecule has 0 fully saturated rings. The maximum atomic E-state index is 11.9. The molecule has 0 spiro atoms. The maximum Gasteiger partial charge on any atom is 0.573 e. The van der Waals surface area contributed by atoms with Gasteiger partial charge in [-0.05, 0) is 6.07 Å². The average molecular weight is 236 g/mol. The second-order valence-corrected chi connectivity index (χ2v) is 2.73. The lowest BCUT2D eigenvalue weighted by Gasteiger charge is -2.10. The molecule has 0 saturated carbocycles. The second-order valence-electron chi connectivity index (χ2n) is 2.73. The monoisotopic (exact) mass is 236 g/mol. The van der Waals surface area contributed by atoms with Crippen molar-refractivity contribution in [1.29, 1.82) is 0 Å². The van der Waals surface area contributed by atoms with Crippen molar-refractivity contribution >= 4 is 11.4 Å². The molecule has 0 aliphatic rings. The number of ether oxygens (including phenoxy) is 1. The van der Waals surface area contributed by atoms with Gasteiger partial charge < -0.3 is 10.1 Å². The summed E-state index contributed by atoms with van der Waals surface area (Å²) in [5, 5.41) is 12.9. The summed E-state index contributed by atoms with van der Waals surface area (Å²) >= 11 is 0. The van der Waals surface area contributed by atoms with Crippen molar-refractivity contribution in [2.24, 2.45) is 0 Å². The van der Waals surface area contributed by atoms with Crippen LogP contribution in [0.4, 0.5) is 24.5 Å². The van der Waals surface area contributed by atoms with Crippen molar-refractivity contribution in [3.05, 3.63) is 28.3 Å². The van der Waals surface area contributed by atoms with Crippen LogP contribution < -0.4 is 10.1 Å². The van der Waals surface area contributed by atoms with Crippen molar-refractivity contribution in [3.63, 3.8) is 0 Å². The van der Waals surface area contributed by atoms with E-state index in [9.17, 15) is 23.3 Å². The quantitative estimate of drug-likeness (QED) is 0.647. The van der Waals surface area contributed by atoms with Crippen molar-refractivity contribution in [2.45, 2.75) is 6.36 Å². The number of hydrogen-bond donors (Lipinski definition) is 1. The molecule has 0 saturated heterocycles. The highest BCUT2D eigenvalue weighted by Gasteiger charge is 2.31. The number of nitro benzene ring substituents is 1. The van der Waals surface area contributed by atoms with E-state index in [4.69, 9.17) is 0 Å². The van der Waals surface area contributed by atoms with E-state index in [1.54, 1.807) is 0 Å². The summed E-state index contributed by atoms with van der Waals surface area (Å²) < 4.78 is 39.2. The summed E-state index contributed by atoms with van der Waals surface area (Å²) in [4.78, 5) is 9.77. The lowest BCUT2D eigenvalue weighted by atomic mass is 10.2. The molecule has 88 valence electrons. The van der Waals surface area contributed by atoms with Crippen LogP contribution in [0.15, 0.2) is 18.2 Å². The van der Waals surface area contributed by atoms with Gasteiger partial charge in [0.05, 0.1) is 4.92 Å². The molecule has 0 bridgehead atoms. The van der Waals surface area contributed by atoms with Crippen LogP contribution in [0.1, 0.15) is 0 Å². The minimum absolute atomic E-state index is 0.0493. The Balaban J connectivity index is 3.05. The fraction of sp³-hybridized carbons (Fsp3) is 0.250. The van der Waals surface area contributed by atoms with Crippen LogP contribution in [0.25, 0.3) is 0 Å². The zero-order chi connectivity index (χ0) is 12.3. The van der Waals surface area contributed by atoms with Crippen molar-refractivity contribution in [3.8, 4) is 5.75 Å². The van der Waals surface area contributed by atoms with Gasteiger partial charge in [0.15, 0.2) is 0 Å². The van der Waals surface area contributed by atoms with Gasteiger partial charge >= 0.3 is 6.36 Å². The Morgan fingerprint density at radius 2 is 2.06 bits per heavy atom. The highest BCUT2D eigenvalue weighted by Crippen LogP contribution is 2.31. The Morgan fingerprint density at radius 3 is 2.50 bits per heavy atom. The van der Waals surface area contributed by atoms with Crippen molar-refractivity contribution < 1.29 is 22.8 Å². The largest absolute Gasteiger partial charge is 0.573 e.